The molecule has 25 heavy (non-hydrogen) atoms. The van der Waals surface area contributed by atoms with Gasteiger partial charge in [0.15, 0.2) is 0 Å². The molecule has 1 aromatic carbocycles. The third-order valence-corrected chi connectivity index (χ3v) is 5.49. The molecule has 1 aromatic rings. The quantitative estimate of drug-likeness (QED) is 0.684. The monoisotopic (exact) mass is 369 g/mol. The van der Waals surface area contributed by atoms with Gasteiger partial charge in [0.25, 0.3) is 0 Å². The van der Waals surface area contributed by atoms with Crippen LogP contribution in [0.4, 0.5) is 0 Å². The lowest BCUT2D eigenvalue weighted by molar-refractivity contribution is -0.128. The molecule has 7 heteroatoms. The summed E-state index contributed by atoms with van der Waals surface area (Å²) >= 11 is 0. The van der Waals surface area contributed by atoms with Gasteiger partial charge in [-0.05, 0) is 50.7 Å². The summed E-state index contributed by atoms with van der Waals surface area (Å²) in [5, 5.41) is 0. The molecule has 0 spiro atoms. The Morgan fingerprint density at radius 2 is 1.68 bits per heavy atom. The second-order valence-corrected chi connectivity index (χ2v) is 8.55. The van der Waals surface area contributed by atoms with E-state index in [0.717, 1.165) is 18.5 Å². The van der Waals surface area contributed by atoms with Crippen molar-refractivity contribution in [1.29, 1.82) is 0 Å². The number of rotatable bonds is 10. The molecule has 1 N–H and O–H groups in total. The molecule has 0 unspecified atom stereocenters. The van der Waals surface area contributed by atoms with Crippen molar-refractivity contribution in [3.63, 3.8) is 0 Å². The Bertz CT molecular complexity index is 640. The van der Waals surface area contributed by atoms with Crippen LogP contribution >= 0.6 is 0 Å². The summed E-state index contributed by atoms with van der Waals surface area (Å²) in [5.74, 6) is 0.315. The van der Waals surface area contributed by atoms with E-state index >= 15 is 0 Å². The van der Waals surface area contributed by atoms with Gasteiger partial charge in [-0.15, -0.1) is 0 Å². The second-order valence-electron chi connectivity index (χ2n) is 6.78. The van der Waals surface area contributed by atoms with Crippen molar-refractivity contribution in [3.8, 4) is 0 Å². The lowest BCUT2D eigenvalue weighted by Gasteiger charge is -2.22. The molecule has 1 amide bonds. The summed E-state index contributed by atoms with van der Waals surface area (Å²) < 4.78 is 27.3. The maximum atomic E-state index is 12.3. The topological polar surface area (TPSA) is 69.7 Å². The van der Waals surface area contributed by atoms with Gasteiger partial charge in [0.1, 0.15) is 0 Å². The number of amides is 1. The van der Waals surface area contributed by atoms with Crippen LogP contribution in [0.2, 0.25) is 0 Å². The van der Waals surface area contributed by atoms with E-state index in [-0.39, 0.29) is 17.3 Å². The number of hydrogen-bond acceptors (Lipinski definition) is 4. The molecule has 0 saturated carbocycles. The third-order valence-electron chi connectivity index (χ3n) is 4.01. The third kappa shape index (κ3) is 7.54. The Morgan fingerprint density at radius 3 is 2.16 bits per heavy atom. The van der Waals surface area contributed by atoms with Gasteiger partial charge in [0.05, 0.1) is 4.90 Å². The zero-order chi connectivity index (χ0) is 19.0. The van der Waals surface area contributed by atoms with Gasteiger partial charge < -0.3 is 9.80 Å². The van der Waals surface area contributed by atoms with Gasteiger partial charge in [-0.2, -0.15) is 0 Å². The average Bonchev–Trinajstić information content (AvgIpc) is 2.52. The summed E-state index contributed by atoms with van der Waals surface area (Å²) in [5.41, 5.74) is 1.10. The molecule has 0 aromatic heterocycles. The van der Waals surface area contributed by atoms with Crippen molar-refractivity contribution in [1.82, 2.24) is 14.5 Å². The summed E-state index contributed by atoms with van der Waals surface area (Å²) in [7, 11) is 0.412. The number of nitrogens with one attached hydrogen (secondary N) is 1. The predicted octanol–water partition coefficient (Wildman–Crippen LogP) is 1.89. The highest BCUT2D eigenvalue weighted by Crippen LogP contribution is 2.17. The summed E-state index contributed by atoms with van der Waals surface area (Å²) in [6, 6.07) is 6.92. The minimum atomic E-state index is -3.55. The van der Waals surface area contributed by atoms with E-state index in [4.69, 9.17) is 0 Å². The first kappa shape index (κ1) is 21.6. The maximum Gasteiger partial charge on any atom is 0.240 e. The number of carbonyl (C=O) groups excluding carboxylic acids is 1. The van der Waals surface area contributed by atoms with Gasteiger partial charge in [-0.25, -0.2) is 13.1 Å². The summed E-state index contributed by atoms with van der Waals surface area (Å²) in [6.07, 6.45) is 0.857. The highest BCUT2D eigenvalue weighted by atomic mass is 32.2. The molecule has 0 bridgehead atoms. The largest absolute Gasteiger partial charge is 0.342 e. The van der Waals surface area contributed by atoms with Crippen LogP contribution in [-0.2, 0) is 14.8 Å². The lowest BCUT2D eigenvalue weighted by Crippen LogP contribution is -2.38. The number of sulfonamides is 1. The molecular weight excluding hydrogens is 338 g/mol. The standard InChI is InChI=1S/C18H31N3O3S/c1-15(2)17-7-9-18(10-8-17)25(23,24)19-11-14-21(16(3)22)13-6-12-20(4)5/h7-10,15,19H,6,11-14H2,1-5H3. The maximum absolute atomic E-state index is 12.3. The van der Waals surface area contributed by atoms with E-state index in [0.29, 0.717) is 19.0 Å². The zero-order valence-corrected chi connectivity index (χ0v) is 16.8. The fourth-order valence-corrected chi connectivity index (χ4v) is 3.46. The highest BCUT2D eigenvalue weighted by molar-refractivity contribution is 7.89. The molecule has 0 aliphatic carbocycles. The second kappa shape index (κ2) is 9.89. The molecule has 0 atom stereocenters. The van der Waals surface area contributed by atoms with Crippen LogP contribution in [0.5, 0.6) is 0 Å². The number of nitrogens with zero attached hydrogens (tertiary/aromatic N) is 2. The zero-order valence-electron chi connectivity index (χ0n) is 15.9. The van der Waals surface area contributed by atoms with E-state index in [1.54, 1.807) is 17.0 Å². The Balaban J connectivity index is 2.57. The SMILES string of the molecule is CC(=O)N(CCCN(C)C)CCNS(=O)(=O)c1ccc(C(C)C)cc1. The van der Waals surface area contributed by atoms with Gasteiger partial charge in [-0.3, -0.25) is 4.79 Å². The average molecular weight is 370 g/mol. The van der Waals surface area contributed by atoms with E-state index in [2.05, 4.69) is 23.5 Å². The number of carbonyl (C=O) groups is 1. The molecule has 0 aliphatic rings. The van der Waals surface area contributed by atoms with Crippen molar-refractivity contribution in [3.05, 3.63) is 29.8 Å². The first-order chi connectivity index (χ1) is 11.6. The van der Waals surface area contributed by atoms with Crippen LogP contribution in [0.15, 0.2) is 29.2 Å². The first-order valence-corrected chi connectivity index (χ1v) is 10.1. The van der Waals surface area contributed by atoms with Crippen molar-refractivity contribution in [2.75, 3.05) is 40.3 Å². The predicted molar refractivity (Wildman–Crippen MR) is 101 cm³/mol. The van der Waals surface area contributed by atoms with E-state index in [1.807, 2.05) is 26.2 Å². The van der Waals surface area contributed by atoms with E-state index in [9.17, 15) is 13.2 Å². The Morgan fingerprint density at radius 1 is 1.08 bits per heavy atom. The van der Waals surface area contributed by atoms with Crippen LogP contribution < -0.4 is 4.72 Å². The van der Waals surface area contributed by atoms with Crippen molar-refractivity contribution >= 4 is 15.9 Å². The number of hydrogen-bond donors (Lipinski definition) is 1. The van der Waals surface area contributed by atoms with Crippen LogP contribution in [0.25, 0.3) is 0 Å². The van der Waals surface area contributed by atoms with Gasteiger partial charge in [-0.1, -0.05) is 26.0 Å². The molecule has 0 aliphatic heterocycles. The molecule has 0 heterocycles. The van der Waals surface area contributed by atoms with Crippen molar-refractivity contribution in [2.45, 2.75) is 38.0 Å². The summed E-state index contributed by atoms with van der Waals surface area (Å²) in [4.78, 5) is 15.7. The Hall–Kier alpha value is -1.44. The minimum absolute atomic E-state index is 0.0424. The van der Waals surface area contributed by atoms with Crippen molar-refractivity contribution < 1.29 is 13.2 Å². The fraction of sp³-hybridized carbons (Fsp3) is 0.611. The van der Waals surface area contributed by atoms with Gasteiger partial charge in [0, 0.05) is 26.6 Å². The normalized spacial score (nSPS) is 12.0. The fourth-order valence-electron chi connectivity index (χ4n) is 2.43. The molecule has 6 nitrogen and oxygen atoms in total. The van der Waals surface area contributed by atoms with Gasteiger partial charge >= 0.3 is 0 Å². The lowest BCUT2D eigenvalue weighted by atomic mass is 10.0. The van der Waals surface area contributed by atoms with Crippen molar-refractivity contribution in [2.24, 2.45) is 0 Å². The minimum Gasteiger partial charge on any atom is -0.342 e. The van der Waals surface area contributed by atoms with Gasteiger partial charge in [0.2, 0.25) is 15.9 Å². The molecule has 0 radical (unpaired) electrons. The molecule has 0 saturated heterocycles. The first-order valence-electron chi connectivity index (χ1n) is 8.63. The molecule has 0 fully saturated rings. The number of benzene rings is 1. The van der Waals surface area contributed by atoms with E-state index in [1.165, 1.54) is 6.92 Å². The van der Waals surface area contributed by atoms with Crippen LogP contribution in [0, 0.1) is 0 Å². The molecule has 1 rings (SSSR count). The smallest absolute Gasteiger partial charge is 0.240 e. The van der Waals surface area contributed by atoms with Crippen LogP contribution in [0.3, 0.4) is 0 Å². The highest BCUT2D eigenvalue weighted by Gasteiger charge is 2.15. The molecule has 142 valence electrons. The molecular formula is C18H31N3O3S. The van der Waals surface area contributed by atoms with E-state index < -0.39 is 10.0 Å². The Labute approximate surface area is 152 Å². The van der Waals surface area contributed by atoms with Crippen LogP contribution in [-0.4, -0.2) is 64.4 Å². The Kier molecular flexibility index (Phi) is 8.55. The summed E-state index contributed by atoms with van der Waals surface area (Å²) in [6.45, 7) is 7.72. The van der Waals surface area contributed by atoms with Crippen LogP contribution in [0.1, 0.15) is 38.7 Å².